The molecule has 0 saturated carbocycles. The minimum Gasteiger partial charge on any atom is -0.486 e. The molecule has 144 valence electrons. The van der Waals surface area contributed by atoms with Gasteiger partial charge in [0.05, 0.1) is 6.10 Å². The molecule has 2 aromatic rings. The fourth-order valence-corrected chi connectivity index (χ4v) is 2.67. The van der Waals surface area contributed by atoms with Crippen molar-refractivity contribution in [2.45, 2.75) is 33.0 Å². The normalized spacial score (nSPS) is 12.6. The molecule has 1 aromatic heterocycles. The molecule has 2 heterocycles. The largest absolute Gasteiger partial charge is 0.486 e. The maximum absolute atomic E-state index is 12.3. The molecule has 0 bridgehead atoms. The highest BCUT2D eigenvalue weighted by Gasteiger charge is 2.14. The van der Waals surface area contributed by atoms with E-state index in [1.54, 1.807) is 24.2 Å². The molecule has 1 aliphatic rings. The number of amides is 2. The summed E-state index contributed by atoms with van der Waals surface area (Å²) >= 11 is 0. The molecule has 0 atom stereocenters. The molecule has 0 fully saturated rings. The first kappa shape index (κ1) is 18.8. The van der Waals surface area contributed by atoms with Gasteiger partial charge in [0, 0.05) is 32.4 Å². The predicted octanol–water partition coefficient (Wildman–Crippen LogP) is 2.98. The SMILES string of the molecule is CC(C)Oc1ccc(CNC(=O)N(C)Cc2ccc3c(c2)OCCO3)cn1. The summed E-state index contributed by atoms with van der Waals surface area (Å²) in [6.07, 6.45) is 1.79. The molecule has 7 nitrogen and oxygen atoms in total. The number of carbonyl (C=O) groups excluding carboxylic acids is 1. The molecule has 1 aliphatic heterocycles. The Labute approximate surface area is 159 Å². The van der Waals surface area contributed by atoms with Crippen LogP contribution in [0.25, 0.3) is 0 Å². The lowest BCUT2D eigenvalue weighted by Gasteiger charge is -2.21. The van der Waals surface area contributed by atoms with E-state index in [2.05, 4.69) is 10.3 Å². The molecule has 27 heavy (non-hydrogen) atoms. The molecule has 1 aromatic carbocycles. The number of urea groups is 1. The number of ether oxygens (including phenoxy) is 3. The Balaban J connectivity index is 1.50. The second-order valence-electron chi connectivity index (χ2n) is 6.66. The van der Waals surface area contributed by atoms with E-state index in [-0.39, 0.29) is 12.1 Å². The van der Waals surface area contributed by atoms with Crippen molar-refractivity contribution in [2.24, 2.45) is 0 Å². The lowest BCUT2D eigenvalue weighted by atomic mass is 10.2. The van der Waals surface area contributed by atoms with Gasteiger partial charge in [0.25, 0.3) is 0 Å². The summed E-state index contributed by atoms with van der Waals surface area (Å²) in [7, 11) is 1.75. The number of carbonyl (C=O) groups is 1. The zero-order valence-electron chi connectivity index (χ0n) is 15.9. The lowest BCUT2D eigenvalue weighted by Crippen LogP contribution is -2.36. The van der Waals surface area contributed by atoms with Crippen LogP contribution in [0.2, 0.25) is 0 Å². The van der Waals surface area contributed by atoms with E-state index in [1.807, 2.05) is 38.1 Å². The van der Waals surface area contributed by atoms with E-state index >= 15 is 0 Å². The lowest BCUT2D eigenvalue weighted by molar-refractivity contribution is 0.171. The standard InChI is InChI=1S/C20H25N3O4/c1-14(2)27-19-7-5-16(11-21-19)12-22-20(24)23(3)13-15-4-6-17-18(10-15)26-9-8-25-17/h4-7,10-11,14H,8-9,12-13H2,1-3H3,(H,22,24). The molecular formula is C20H25N3O4. The second kappa shape index (κ2) is 8.62. The minimum atomic E-state index is -0.160. The van der Waals surface area contributed by atoms with Crippen molar-refractivity contribution in [3.63, 3.8) is 0 Å². The van der Waals surface area contributed by atoms with Crippen LogP contribution in [0.15, 0.2) is 36.5 Å². The fourth-order valence-electron chi connectivity index (χ4n) is 2.67. The van der Waals surface area contributed by atoms with E-state index in [0.717, 1.165) is 22.6 Å². The van der Waals surface area contributed by atoms with Crippen LogP contribution in [-0.2, 0) is 13.1 Å². The quantitative estimate of drug-likeness (QED) is 0.845. The van der Waals surface area contributed by atoms with Gasteiger partial charge in [-0.2, -0.15) is 0 Å². The third-order valence-electron chi connectivity index (χ3n) is 3.97. The van der Waals surface area contributed by atoms with Gasteiger partial charge in [0.1, 0.15) is 13.2 Å². The molecule has 0 radical (unpaired) electrons. The minimum absolute atomic E-state index is 0.0808. The highest BCUT2D eigenvalue weighted by molar-refractivity contribution is 5.73. The van der Waals surface area contributed by atoms with Crippen LogP contribution in [0, 0.1) is 0 Å². The zero-order valence-corrected chi connectivity index (χ0v) is 15.9. The van der Waals surface area contributed by atoms with Gasteiger partial charge >= 0.3 is 6.03 Å². The number of nitrogens with zero attached hydrogens (tertiary/aromatic N) is 2. The van der Waals surface area contributed by atoms with Crippen molar-refractivity contribution in [1.82, 2.24) is 15.2 Å². The molecular weight excluding hydrogens is 346 g/mol. The Morgan fingerprint density at radius 1 is 1.19 bits per heavy atom. The Kier molecular flexibility index (Phi) is 6.01. The van der Waals surface area contributed by atoms with E-state index < -0.39 is 0 Å². The molecule has 1 N–H and O–H groups in total. The van der Waals surface area contributed by atoms with E-state index in [1.165, 1.54) is 0 Å². The molecule has 7 heteroatoms. The smallest absolute Gasteiger partial charge is 0.317 e. The summed E-state index contributed by atoms with van der Waals surface area (Å²) in [5.41, 5.74) is 1.89. The summed E-state index contributed by atoms with van der Waals surface area (Å²) in [5.74, 6) is 2.05. The van der Waals surface area contributed by atoms with Gasteiger partial charge in [-0.15, -0.1) is 0 Å². The summed E-state index contributed by atoms with van der Waals surface area (Å²) in [6.45, 7) is 5.89. The average Bonchev–Trinajstić information content (AvgIpc) is 2.66. The number of benzene rings is 1. The van der Waals surface area contributed by atoms with Crippen molar-refractivity contribution in [3.05, 3.63) is 47.7 Å². The van der Waals surface area contributed by atoms with Crippen LogP contribution in [0.3, 0.4) is 0 Å². The van der Waals surface area contributed by atoms with Gasteiger partial charge in [0.15, 0.2) is 11.5 Å². The number of nitrogens with one attached hydrogen (secondary N) is 1. The highest BCUT2D eigenvalue weighted by atomic mass is 16.6. The number of pyridine rings is 1. The number of aromatic nitrogens is 1. The molecule has 0 aliphatic carbocycles. The monoisotopic (exact) mass is 371 g/mol. The van der Waals surface area contributed by atoms with E-state index in [0.29, 0.717) is 32.2 Å². The summed E-state index contributed by atoms with van der Waals surface area (Å²) < 4.78 is 16.6. The van der Waals surface area contributed by atoms with Crippen LogP contribution in [0.5, 0.6) is 17.4 Å². The first-order valence-electron chi connectivity index (χ1n) is 9.00. The van der Waals surface area contributed by atoms with E-state index in [4.69, 9.17) is 14.2 Å². The Bertz CT molecular complexity index is 777. The van der Waals surface area contributed by atoms with Crippen molar-refractivity contribution in [1.29, 1.82) is 0 Å². The Morgan fingerprint density at radius 3 is 2.63 bits per heavy atom. The second-order valence-corrected chi connectivity index (χ2v) is 6.66. The number of hydrogen-bond acceptors (Lipinski definition) is 5. The van der Waals surface area contributed by atoms with Gasteiger partial charge in [-0.3, -0.25) is 0 Å². The molecule has 2 amide bonds. The molecule has 3 rings (SSSR count). The van der Waals surface area contributed by atoms with Crippen molar-refractivity contribution in [2.75, 3.05) is 20.3 Å². The van der Waals surface area contributed by atoms with Gasteiger partial charge in [-0.05, 0) is 37.1 Å². The molecule has 0 spiro atoms. The maximum atomic E-state index is 12.3. The average molecular weight is 371 g/mol. The van der Waals surface area contributed by atoms with Gasteiger partial charge in [0.2, 0.25) is 5.88 Å². The fraction of sp³-hybridized carbons (Fsp3) is 0.400. The molecule has 0 unspecified atom stereocenters. The van der Waals surface area contributed by atoms with Crippen molar-refractivity contribution >= 4 is 6.03 Å². The summed E-state index contributed by atoms with van der Waals surface area (Å²) in [6, 6.07) is 9.27. The first-order chi connectivity index (χ1) is 13.0. The summed E-state index contributed by atoms with van der Waals surface area (Å²) in [4.78, 5) is 18.2. The van der Waals surface area contributed by atoms with Crippen LogP contribution in [0.1, 0.15) is 25.0 Å². The van der Waals surface area contributed by atoms with Crippen molar-refractivity contribution < 1.29 is 19.0 Å². The van der Waals surface area contributed by atoms with Gasteiger partial charge < -0.3 is 24.4 Å². The number of fused-ring (bicyclic) bond motifs is 1. The predicted molar refractivity (Wildman–Crippen MR) is 101 cm³/mol. The highest BCUT2D eigenvalue weighted by Crippen LogP contribution is 2.31. The zero-order chi connectivity index (χ0) is 19.2. The first-order valence-corrected chi connectivity index (χ1v) is 9.00. The summed E-state index contributed by atoms with van der Waals surface area (Å²) in [5, 5.41) is 2.89. The van der Waals surface area contributed by atoms with Crippen LogP contribution in [0.4, 0.5) is 4.79 Å². The van der Waals surface area contributed by atoms with Crippen LogP contribution >= 0.6 is 0 Å². The third kappa shape index (κ3) is 5.26. The van der Waals surface area contributed by atoms with Crippen molar-refractivity contribution in [3.8, 4) is 17.4 Å². The van der Waals surface area contributed by atoms with Crippen LogP contribution < -0.4 is 19.5 Å². The molecule has 0 saturated heterocycles. The van der Waals surface area contributed by atoms with Crippen LogP contribution in [-0.4, -0.2) is 42.3 Å². The van der Waals surface area contributed by atoms with Gasteiger partial charge in [-0.1, -0.05) is 12.1 Å². The Hall–Kier alpha value is -2.96. The number of rotatable bonds is 6. The maximum Gasteiger partial charge on any atom is 0.317 e. The van der Waals surface area contributed by atoms with Gasteiger partial charge in [-0.25, -0.2) is 9.78 Å². The third-order valence-corrected chi connectivity index (χ3v) is 3.97. The topological polar surface area (TPSA) is 72.9 Å². The number of hydrogen-bond donors (Lipinski definition) is 1. The van der Waals surface area contributed by atoms with E-state index in [9.17, 15) is 4.79 Å². The Morgan fingerprint density at radius 2 is 1.93 bits per heavy atom.